The predicted octanol–water partition coefficient (Wildman–Crippen LogP) is 3.13. The molecule has 1 aliphatic heterocycles. The van der Waals surface area contributed by atoms with E-state index in [-0.39, 0.29) is 12.5 Å². The molecule has 0 radical (unpaired) electrons. The molecular formula is C21H28N4O3S. The highest BCUT2D eigenvalue weighted by Crippen LogP contribution is 2.24. The summed E-state index contributed by atoms with van der Waals surface area (Å²) in [6.45, 7) is 7.46. The van der Waals surface area contributed by atoms with Crippen LogP contribution in [-0.4, -0.2) is 47.6 Å². The quantitative estimate of drug-likeness (QED) is 0.782. The monoisotopic (exact) mass is 416 g/mol. The maximum Gasteiger partial charge on any atom is 0.408 e. The van der Waals surface area contributed by atoms with Crippen molar-refractivity contribution in [3.63, 3.8) is 0 Å². The summed E-state index contributed by atoms with van der Waals surface area (Å²) in [6.07, 6.45) is 0.344. The molecule has 1 atom stereocenters. The third-order valence-corrected chi connectivity index (χ3v) is 5.56. The van der Waals surface area contributed by atoms with Crippen LogP contribution in [0.3, 0.4) is 0 Å². The summed E-state index contributed by atoms with van der Waals surface area (Å²) >= 11 is 1.44. The summed E-state index contributed by atoms with van der Waals surface area (Å²) in [5, 5.41) is 6.23. The zero-order valence-electron chi connectivity index (χ0n) is 17.3. The first-order valence-electron chi connectivity index (χ1n) is 9.71. The van der Waals surface area contributed by atoms with Crippen LogP contribution in [0.2, 0.25) is 0 Å². The average molecular weight is 417 g/mol. The van der Waals surface area contributed by atoms with Gasteiger partial charge in [-0.15, -0.1) is 11.3 Å². The minimum atomic E-state index is -0.596. The third kappa shape index (κ3) is 6.01. The SMILES string of the molecule is CN1CCc2nc(C(=O)NCC(NC(=O)OC(C)(C)C)c3ccccc3)sc2C1. The van der Waals surface area contributed by atoms with Gasteiger partial charge < -0.3 is 20.3 Å². The molecule has 1 aliphatic rings. The van der Waals surface area contributed by atoms with Gasteiger partial charge in [-0.2, -0.15) is 0 Å². The summed E-state index contributed by atoms with van der Waals surface area (Å²) in [4.78, 5) is 32.8. The van der Waals surface area contributed by atoms with Crippen molar-refractivity contribution in [2.24, 2.45) is 0 Å². The van der Waals surface area contributed by atoms with Gasteiger partial charge in [0.25, 0.3) is 5.91 Å². The smallest absolute Gasteiger partial charge is 0.408 e. The number of thiazole rings is 1. The fraction of sp³-hybridized carbons (Fsp3) is 0.476. The largest absolute Gasteiger partial charge is 0.444 e. The number of rotatable bonds is 5. The molecule has 1 unspecified atom stereocenters. The maximum atomic E-state index is 12.7. The Balaban J connectivity index is 1.66. The molecule has 2 aromatic rings. The Hall–Kier alpha value is -2.45. The van der Waals surface area contributed by atoms with Gasteiger partial charge in [-0.05, 0) is 33.4 Å². The molecule has 1 aromatic carbocycles. The zero-order chi connectivity index (χ0) is 21.0. The second kappa shape index (κ2) is 8.92. The molecule has 3 rings (SSSR count). The fourth-order valence-electron chi connectivity index (χ4n) is 3.08. The molecule has 2 amide bonds. The molecule has 0 saturated heterocycles. The summed E-state index contributed by atoms with van der Waals surface area (Å²) in [5.74, 6) is -0.223. The first kappa shape index (κ1) is 21.3. The number of fused-ring (bicyclic) bond motifs is 1. The highest BCUT2D eigenvalue weighted by Gasteiger charge is 2.24. The Kier molecular flexibility index (Phi) is 6.54. The van der Waals surface area contributed by atoms with Gasteiger partial charge in [-0.3, -0.25) is 4.79 Å². The molecule has 2 N–H and O–H groups in total. The molecule has 156 valence electrons. The van der Waals surface area contributed by atoms with Crippen molar-refractivity contribution in [3.8, 4) is 0 Å². The van der Waals surface area contributed by atoms with Crippen molar-refractivity contribution in [3.05, 3.63) is 51.5 Å². The second-order valence-electron chi connectivity index (χ2n) is 8.20. The number of nitrogens with one attached hydrogen (secondary N) is 2. The Morgan fingerprint density at radius 3 is 2.69 bits per heavy atom. The minimum Gasteiger partial charge on any atom is -0.444 e. The van der Waals surface area contributed by atoms with E-state index in [4.69, 9.17) is 4.74 Å². The maximum absolute atomic E-state index is 12.7. The number of hydrogen-bond donors (Lipinski definition) is 2. The van der Waals surface area contributed by atoms with Gasteiger partial charge >= 0.3 is 6.09 Å². The van der Waals surface area contributed by atoms with Gasteiger partial charge in [0.05, 0.1) is 11.7 Å². The molecular weight excluding hydrogens is 388 g/mol. The van der Waals surface area contributed by atoms with E-state index in [1.807, 2.05) is 51.1 Å². The topological polar surface area (TPSA) is 83.6 Å². The normalized spacial score (nSPS) is 15.3. The molecule has 29 heavy (non-hydrogen) atoms. The molecule has 0 spiro atoms. The van der Waals surface area contributed by atoms with E-state index in [1.165, 1.54) is 11.3 Å². The number of amides is 2. The lowest BCUT2D eigenvalue weighted by Crippen LogP contribution is -2.40. The fourth-order valence-corrected chi connectivity index (χ4v) is 4.18. The second-order valence-corrected chi connectivity index (χ2v) is 9.28. The summed E-state index contributed by atoms with van der Waals surface area (Å²) in [7, 11) is 2.06. The number of benzene rings is 1. The van der Waals surface area contributed by atoms with Crippen LogP contribution in [0, 0.1) is 0 Å². The van der Waals surface area contributed by atoms with Crippen LogP contribution in [0.5, 0.6) is 0 Å². The molecule has 0 bridgehead atoms. The van der Waals surface area contributed by atoms with Gasteiger partial charge in [0.15, 0.2) is 5.01 Å². The van der Waals surface area contributed by atoms with Crippen LogP contribution in [0.15, 0.2) is 30.3 Å². The van der Waals surface area contributed by atoms with E-state index in [2.05, 4.69) is 27.6 Å². The van der Waals surface area contributed by atoms with Crippen molar-refractivity contribution >= 4 is 23.3 Å². The highest BCUT2D eigenvalue weighted by atomic mass is 32.1. The molecule has 1 aromatic heterocycles. The lowest BCUT2D eigenvalue weighted by atomic mass is 10.1. The van der Waals surface area contributed by atoms with Gasteiger partial charge in [0.2, 0.25) is 0 Å². The first-order chi connectivity index (χ1) is 13.7. The molecule has 7 nitrogen and oxygen atoms in total. The molecule has 2 heterocycles. The Morgan fingerprint density at radius 1 is 1.28 bits per heavy atom. The van der Waals surface area contributed by atoms with Crippen molar-refractivity contribution in [1.29, 1.82) is 0 Å². The summed E-state index contributed by atoms with van der Waals surface area (Å²) in [6, 6.07) is 9.11. The third-order valence-electron chi connectivity index (χ3n) is 4.48. The number of aromatic nitrogens is 1. The van der Waals surface area contributed by atoms with Crippen LogP contribution in [0.4, 0.5) is 4.79 Å². The van der Waals surface area contributed by atoms with E-state index in [0.29, 0.717) is 5.01 Å². The summed E-state index contributed by atoms with van der Waals surface area (Å²) in [5.41, 5.74) is 1.31. The standard InChI is InChI=1S/C21H28N4O3S/c1-21(2,3)28-20(27)24-16(14-8-6-5-7-9-14)12-22-18(26)19-23-15-10-11-25(4)13-17(15)29-19/h5-9,16H,10-13H2,1-4H3,(H,22,26)(H,24,27). The van der Waals surface area contributed by atoms with E-state index in [9.17, 15) is 9.59 Å². The van der Waals surface area contributed by atoms with Crippen molar-refractivity contribution in [2.75, 3.05) is 20.1 Å². The van der Waals surface area contributed by atoms with Gasteiger partial charge in [0.1, 0.15) is 5.60 Å². The minimum absolute atomic E-state index is 0.223. The summed E-state index contributed by atoms with van der Waals surface area (Å²) < 4.78 is 5.37. The molecule has 8 heteroatoms. The Labute approximate surface area is 175 Å². The highest BCUT2D eigenvalue weighted by molar-refractivity contribution is 7.13. The van der Waals surface area contributed by atoms with E-state index >= 15 is 0 Å². The van der Waals surface area contributed by atoms with Crippen molar-refractivity contribution in [2.45, 2.75) is 45.4 Å². The number of carbonyl (C=O) groups is 2. The van der Waals surface area contributed by atoms with E-state index in [1.54, 1.807) is 0 Å². The number of alkyl carbamates (subject to hydrolysis) is 1. The van der Waals surface area contributed by atoms with E-state index in [0.717, 1.165) is 35.6 Å². The first-order valence-corrected chi connectivity index (χ1v) is 10.5. The van der Waals surface area contributed by atoms with Crippen molar-refractivity contribution in [1.82, 2.24) is 20.5 Å². The lowest BCUT2D eigenvalue weighted by Gasteiger charge is -2.24. The van der Waals surface area contributed by atoms with Gasteiger partial charge in [-0.1, -0.05) is 30.3 Å². The van der Waals surface area contributed by atoms with Crippen molar-refractivity contribution < 1.29 is 14.3 Å². The number of likely N-dealkylation sites (N-methyl/N-ethyl adjacent to an activating group) is 1. The molecule has 0 saturated carbocycles. The molecule has 0 aliphatic carbocycles. The predicted molar refractivity (Wildman–Crippen MR) is 113 cm³/mol. The van der Waals surface area contributed by atoms with Gasteiger partial charge in [-0.25, -0.2) is 9.78 Å². The van der Waals surface area contributed by atoms with Gasteiger partial charge in [0, 0.05) is 30.9 Å². The Morgan fingerprint density at radius 2 is 2.00 bits per heavy atom. The van der Waals surface area contributed by atoms with Crippen LogP contribution < -0.4 is 10.6 Å². The van der Waals surface area contributed by atoms with Crippen LogP contribution in [0.25, 0.3) is 0 Å². The number of hydrogen-bond acceptors (Lipinski definition) is 6. The number of ether oxygens (including phenoxy) is 1. The average Bonchev–Trinajstić information content (AvgIpc) is 3.07. The Bertz CT molecular complexity index is 861. The van der Waals surface area contributed by atoms with Crippen LogP contribution >= 0.6 is 11.3 Å². The van der Waals surface area contributed by atoms with Crippen LogP contribution in [-0.2, 0) is 17.7 Å². The van der Waals surface area contributed by atoms with Crippen LogP contribution in [0.1, 0.15) is 52.7 Å². The zero-order valence-corrected chi connectivity index (χ0v) is 18.1. The van der Waals surface area contributed by atoms with E-state index < -0.39 is 17.7 Å². The lowest BCUT2D eigenvalue weighted by molar-refractivity contribution is 0.0501. The molecule has 0 fully saturated rings. The number of carbonyl (C=O) groups excluding carboxylic acids is 2. The number of nitrogens with zero attached hydrogens (tertiary/aromatic N) is 2.